The minimum atomic E-state index is -4.66. The lowest BCUT2D eigenvalue weighted by atomic mass is 10.0. The van der Waals surface area contributed by atoms with Crippen molar-refractivity contribution in [1.29, 1.82) is 0 Å². The van der Waals surface area contributed by atoms with Crippen LogP contribution in [0, 0.1) is 0 Å². The zero-order chi connectivity index (χ0) is 27.6. The molecule has 14 heteroatoms. The van der Waals surface area contributed by atoms with Crippen molar-refractivity contribution in [3.63, 3.8) is 0 Å². The number of nitrogens with one attached hydrogen (secondary N) is 3. The summed E-state index contributed by atoms with van der Waals surface area (Å²) in [5.41, 5.74) is 2.46. The highest BCUT2D eigenvalue weighted by Crippen LogP contribution is 2.40. The highest BCUT2D eigenvalue weighted by molar-refractivity contribution is 7.16. The van der Waals surface area contributed by atoms with Crippen LogP contribution in [-0.4, -0.2) is 52.7 Å². The second-order valence-corrected chi connectivity index (χ2v) is 9.46. The molecule has 2 aromatic carbocycles. The number of halogens is 3. The molecule has 3 N–H and O–H groups in total. The summed E-state index contributed by atoms with van der Waals surface area (Å²) in [7, 11) is 1.49. The van der Waals surface area contributed by atoms with E-state index >= 15 is 0 Å². The molecule has 5 rings (SSSR count). The SMILES string of the molecule is CO[C@@H](C)CNc1sc(C(F)(F)F)nc1-c1nnc(N[C@H]2N=C(c3ccccc3)c3ccccc3NC2=O)o1. The van der Waals surface area contributed by atoms with Gasteiger partial charge in [-0.15, -0.1) is 5.10 Å². The Hall–Kier alpha value is -4.30. The minimum Gasteiger partial charge on any atom is -0.402 e. The van der Waals surface area contributed by atoms with E-state index in [-0.39, 0.29) is 35.2 Å². The van der Waals surface area contributed by atoms with E-state index in [4.69, 9.17) is 9.15 Å². The third-order valence-electron chi connectivity index (χ3n) is 5.70. The van der Waals surface area contributed by atoms with E-state index < -0.39 is 23.3 Å². The Balaban J connectivity index is 1.46. The minimum absolute atomic E-state index is 0.0912. The molecule has 0 saturated carbocycles. The molecule has 1 aliphatic heterocycles. The van der Waals surface area contributed by atoms with Gasteiger partial charge in [0.25, 0.3) is 11.8 Å². The molecular weight excluding hydrogens is 535 g/mol. The van der Waals surface area contributed by atoms with Gasteiger partial charge in [0.2, 0.25) is 11.2 Å². The average molecular weight is 558 g/mol. The van der Waals surface area contributed by atoms with Crippen molar-refractivity contribution >= 4 is 39.7 Å². The number of carbonyl (C=O) groups is 1. The van der Waals surface area contributed by atoms with Crippen LogP contribution < -0.4 is 16.0 Å². The van der Waals surface area contributed by atoms with Crippen LogP contribution in [0.4, 0.5) is 29.9 Å². The molecule has 0 aliphatic carbocycles. The summed E-state index contributed by atoms with van der Waals surface area (Å²) in [5.74, 6) is -0.751. The summed E-state index contributed by atoms with van der Waals surface area (Å²) in [6, 6.07) is 16.3. The molecule has 1 amide bonds. The number of thiazole rings is 1. The normalized spacial score (nSPS) is 16.1. The van der Waals surface area contributed by atoms with Crippen molar-refractivity contribution in [2.75, 3.05) is 29.6 Å². The Morgan fingerprint density at radius 3 is 2.62 bits per heavy atom. The summed E-state index contributed by atoms with van der Waals surface area (Å²) in [6.07, 6.45) is -6.12. The molecule has 2 atom stereocenters. The van der Waals surface area contributed by atoms with Gasteiger partial charge in [-0.1, -0.05) is 65.0 Å². The molecular formula is C25H22F3N7O3S. The maximum atomic E-state index is 13.4. The van der Waals surface area contributed by atoms with Crippen molar-refractivity contribution in [3.05, 3.63) is 70.7 Å². The van der Waals surface area contributed by atoms with Crippen LogP contribution in [0.25, 0.3) is 11.6 Å². The quantitative estimate of drug-likeness (QED) is 0.280. The summed E-state index contributed by atoms with van der Waals surface area (Å²) < 4.78 is 51.0. The van der Waals surface area contributed by atoms with E-state index in [0.29, 0.717) is 22.7 Å². The zero-order valence-corrected chi connectivity index (χ0v) is 21.4. The van der Waals surface area contributed by atoms with E-state index in [1.54, 1.807) is 19.1 Å². The standard InChI is InChI=1S/C25H22F3N7O3S/c1-13(37-2)12-29-22-18(32-23(39-22)25(26,27)28)21-34-35-24(38-21)33-19-20(36)30-16-11-7-6-10-15(16)17(31-19)14-8-4-3-5-9-14/h3-11,13,19,29H,12H2,1-2H3,(H,30,36)(H,33,35)/t13-,19+/m0/s1. The Bertz CT molecular complexity index is 1500. The summed E-state index contributed by atoms with van der Waals surface area (Å²) in [4.78, 5) is 21.4. The van der Waals surface area contributed by atoms with Crippen molar-refractivity contribution in [2.24, 2.45) is 4.99 Å². The predicted octanol–water partition coefficient (Wildman–Crippen LogP) is 4.89. The smallest absolute Gasteiger partial charge is 0.402 e. The number of fused-ring (bicyclic) bond motifs is 1. The summed E-state index contributed by atoms with van der Waals surface area (Å²) >= 11 is 0.416. The van der Waals surface area contributed by atoms with Gasteiger partial charge in [0.05, 0.1) is 17.5 Å². The molecule has 1 aliphatic rings. The average Bonchev–Trinajstić information content (AvgIpc) is 3.54. The van der Waals surface area contributed by atoms with Crippen LogP contribution in [0.2, 0.25) is 0 Å². The number of methoxy groups -OCH3 is 1. The van der Waals surface area contributed by atoms with Crippen LogP contribution in [0.15, 0.2) is 64.0 Å². The van der Waals surface area contributed by atoms with Crippen LogP contribution >= 0.6 is 11.3 Å². The van der Waals surface area contributed by atoms with Gasteiger partial charge in [-0.2, -0.15) is 13.2 Å². The molecule has 0 bridgehead atoms. The predicted molar refractivity (Wildman–Crippen MR) is 140 cm³/mol. The molecule has 0 saturated heterocycles. The maximum absolute atomic E-state index is 13.4. The van der Waals surface area contributed by atoms with E-state index in [9.17, 15) is 18.0 Å². The summed E-state index contributed by atoms with van der Waals surface area (Å²) in [5, 5.41) is 15.3. The number of carbonyl (C=O) groups excluding carboxylic acids is 1. The fourth-order valence-electron chi connectivity index (χ4n) is 3.70. The van der Waals surface area contributed by atoms with Crippen LogP contribution in [0.1, 0.15) is 23.1 Å². The Morgan fingerprint density at radius 1 is 1.13 bits per heavy atom. The fourth-order valence-corrected chi connectivity index (χ4v) is 4.53. The van der Waals surface area contributed by atoms with Gasteiger partial charge in [-0.25, -0.2) is 9.98 Å². The number of aliphatic imine (C=N–C) groups is 1. The molecule has 2 aromatic heterocycles. The van der Waals surface area contributed by atoms with Gasteiger partial charge in [0.15, 0.2) is 5.69 Å². The molecule has 0 spiro atoms. The monoisotopic (exact) mass is 557 g/mol. The Kier molecular flexibility index (Phi) is 7.30. The number of benzodiazepines with no additional fused rings is 1. The summed E-state index contributed by atoms with van der Waals surface area (Å²) in [6.45, 7) is 1.98. The van der Waals surface area contributed by atoms with Crippen molar-refractivity contribution in [1.82, 2.24) is 15.2 Å². The van der Waals surface area contributed by atoms with Gasteiger partial charge in [0, 0.05) is 24.8 Å². The first-order chi connectivity index (χ1) is 18.7. The molecule has 4 aromatic rings. The first kappa shape index (κ1) is 26.3. The highest BCUT2D eigenvalue weighted by Gasteiger charge is 2.37. The van der Waals surface area contributed by atoms with Crippen LogP contribution in [-0.2, 0) is 15.7 Å². The van der Waals surface area contributed by atoms with Crippen molar-refractivity contribution in [2.45, 2.75) is 25.4 Å². The number of amides is 1. The van der Waals surface area contributed by atoms with E-state index in [1.807, 2.05) is 42.5 Å². The number of anilines is 3. The van der Waals surface area contributed by atoms with E-state index in [1.165, 1.54) is 7.11 Å². The first-order valence-corrected chi connectivity index (χ1v) is 12.5. The van der Waals surface area contributed by atoms with Gasteiger partial charge in [-0.05, 0) is 13.0 Å². The lowest BCUT2D eigenvalue weighted by Gasteiger charge is -2.11. The number of alkyl halides is 3. The molecule has 0 radical (unpaired) electrons. The zero-order valence-electron chi connectivity index (χ0n) is 20.6. The van der Waals surface area contributed by atoms with Gasteiger partial charge in [-0.3, -0.25) is 4.79 Å². The molecule has 0 unspecified atom stereocenters. The second-order valence-electron chi connectivity index (χ2n) is 8.46. The van der Waals surface area contributed by atoms with Crippen molar-refractivity contribution in [3.8, 4) is 11.6 Å². The number of ether oxygens (including phenoxy) is 1. The molecule has 0 fully saturated rings. The maximum Gasteiger partial charge on any atom is 0.443 e. The van der Waals surface area contributed by atoms with Gasteiger partial charge < -0.3 is 25.1 Å². The number of rotatable bonds is 8. The van der Waals surface area contributed by atoms with E-state index in [0.717, 1.165) is 11.1 Å². The highest BCUT2D eigenvalue weighted by atomic mass is 32.1. The lowest BCUT2D eigenvalue weighted by Crippen LogP contribution is -2.32. The first-order valence-electron chi connectivity index (χ1n) is 11.7. The topological polar surface area (TPSA) is 127 Å². The lowest BCUT2D eigenvalue weighted by molar-refractivity contribution is -0.137. The fraction of sp³-hybridized carbons (Fsp3) is 0.240. The number of hydrogen-bond donors (Lipinski definition) is 3. The molecule has 3 heterocycles. The number of para-hydroxylation sites is 1. The number of benzene rings is 2. The van der Waals surface area contributed by atoms with E-state index in [2.05, 4.69) is 36.1 Å². The third kappa shape index (κ3) is 5.76. The number of hydrogen-bond acceptors (Lipinski definition) is 10. The van der Waals surface area contributed by atoms with Crippen LogP contribution in [0.3, 0.4) is 0 Å². The second kappa shape index (κ2) is 10.8. The van der Waals surface area contributed by atoms with Gasteiger partial charge >= 0.3 is 12.2 Å². The van der Waals surface area contributed by atoms with Crippen LogP contribution in [0.5, 0.6) is 0 Å². The Morgan fingerprint density at radius 2 is 1.87 bits per heavy atom. The number of nitrogens with zero attached hydrogens (tertiary/aromatic N) is 4. The third-order valence-corrected chi connectivity index (χ3v) is 6.76. The van der Waals surface area contributed by atoms with Crippen molar-refractivity contribution < 1.29 is 27.1 Å². The largest absolute Gasteiger partial charge is 0.443 e. The molecule has 10 nitrogen and oxygen atoms in total. The molecule has 39 heavy (non-hydrogen) atoms. The molecule has 202 valence electrons. The number of aromatic nitrogens is 3. The Labute approximate surface area is 224 Å². The van der Waals surface area contributed by atoms with Gasteiger partial charge in [0.1, 0.15) is 5.00 Å².